The van der Waals surface area contributed by atoms with E-state index in [1.165, 1.54) is 0 Å². The van der Waals surface area contributed by atoms with Crippen molar-refractivity contribution in [3.05, 3.63) is 34.9 Å². The summed E-state index contributed by atoms with van der Waals surface area (Å²) in [7, 11) is -3.15. The van der Waals surface area contributed by atoms with Crippen molar-refractivity contribution < 1.29 is 13.2 Å². The predicted molar refractivity (Wildman–Crippen MR) is 101 cm³/mol. The molecule has 1 saturated heterocycles. The molecule has 25 heavy (non-hydrogen) atoms. The minimum atomic E-state index is -3.15. The first-order chi connectivity index (χ1) is 12.0. The number of amides is 1. The van der Waals surface area contributed by atoms with Crippen LogP contribution in [-0.4, -0.2) is 44.0 Å². The van der Waals surface area contributed by atoms with Gasteiger partial charge < -0.3 is 5.32 Å². The number of halogens is 1. The van der Waals surface area contributed by atoms with Crippen molar-refractivity contribution in [3.63, 3.8) is 0 Å². The Morgan fingerprint density at radius 3 is 2.64 bits per heavy atom. The first kappa shape index (κ1) is 20.2. The summed E-state index contributed by atoms with van der Waals surface area (Å²) in [5, 5.41) is 3.56. The third-order valence-corrected chi connectivity index (χ3v) is 6.58. The van der Waals surface area contributed by atoms with E-state index in [1.54, 1.807) is 4.31 Å². The number of nitrogens with one attached hydrogen (secondary N) is 1. The van der Waals surface area contributed by atoms with Gasteiger partial charge in [-0.25, -0.2) is 12.7 Å². The Bertz CT molecular complexity index is 658. The molecular weight excluding hydrogens is 360 g/mol. The van der Waals surface area contributed by atoms with Gasteiger partial charge in [0, 0.05) is 31.1 Å². The summed E-state index contributed by atoms with van der Waals surface area (Å²) in [6.45, 7) is 1.85. The van der Waals surface area contributed by atoms with Gasteiger partial charge in [-0.1, -0.05) is 30.2 Å². The first-order valence-electron chi connectivity index (χ1n) is 8.96. The number of unbranched alkanes of at least 4 members (excludes halogenated alkanes) is 1. The summed E-state index contributed by atoms with van der Waals surface area (Å²) in [6.07, 6.45) is 5.24. The van der Waals surface area contributed by atoms with Gasteiger partial charge in [0.2, 0.25) is 15.9 Å². The molecule has 0 spiro atoms. The van der Waals surface area contributed by atoms with E-state index in [-0.39, 0.29) is 11.7 Å². The smallest absolute Gasteiger partial charge is 0.220 e. The van der Waals surface area contributed by atoms with E-state index in [2.05, 4.69) is 5.32 Å². The fourth-order valence-corrected chi connectivity index (χ4v) is 4.82. The number of nitrogens with zero attached hydrogens (tertiary/aromatic N) is 1. The normalized spacial score (nSPS) is 15.9. The molecule has 0 bridgehead atoms. The highest BCUT2D eigenvalue weighted by molar-refractivity contribution is 7.89. The van der Waals surface area contributed by atoms with Crippen LogP contribution in [0.5, 0.6) is 0 Å². The Kier molecular flexibility index (Phi) is 8.19. The van der Waals surface area contributed by atoms with Crippen LogP contribution in [0.1, 0.15) is 44.1 Å². The minimum absolute atomic E-state index is 0.0302. The van der Waals surface area contributed by atoms with Crippen molar-refractivity contribution in [2.45, 2.75) is 44.9 Å². The maximum atomic E-state index is 12.2. The van der Waals surface area contributed by atoms with Crippen molar-refractivity contribution in [2.24, 2.45) is 0 Å². The highest BCUT2D eigenvalue weighted by Gasteiger charge is 2.23. The molecule has 1 aliphatic rings. The maximum absolute atomic E-state index is 12.2. The van der Waals surface area contributed by atoms with Crippen LogP contribution < -0.4 is 5.32 Å². The van der Waals surface area contributed by atoms with Gasteiger partial charge in [-0.15, -0.1) is 0 Å². The van der Waals surface area contributed by atoms with E-state index in [9.17, 15) is 13.2 Å². The predicted octanol–water partition coefficient (Wildman–Crippen LogP) is 2.98. The Hall–Kier alpha value is -1.11. The molecule has 1 heterocycles. The molecule has 1 amide bonds. The molecule has 140 valence electrons. The van der Waals surface area contributed by atoms with Crippen LogP contribution in [0.25, 0.3) is 0 Å². The monoisotopic (exact) mass is 386 g/mol. The number of hydrogen-bond acceptors (Lipinski definition) is 3. The van der Waals surface area contributed by atoms with Crippen molar-refractivity contribution in [1.29, 1.82) is 0 Å². The largest absolute Gasteiger partial charge is 0.356 e. The molecule has 0 radical (unpaired) electrons. The summed E-state index contributed by atoms with van der Waals surface area (Å²) in [5.74, 6) is 0.111. The molecular formula is C18H27ClN2O3S. The molecule has 5 nitrogen and oxygen atoms in total. The zero-order valence-corrected chi connectivity index (χ0v) is 16.1. The van der Waals surface area contributed by atoms with Crippen molar-refractivity contribution in [3.8, 4) is 0 Å². The van der Waals surface area contributed by atoms with Crippen LogP contribution in [0.15, 0.2) is 24.3 Å². The molecule has 7 heteroatoms. The van der Waals surface area contributed by atoms with E-state index >= 15 is 0 Å². The zero-order valence-electron chi connectivity index (χ0n) is 14.5. The zero-order chi connectivity index (χ0) is 18.1. The fourth-order valence-electron chi connectivity index (χ4n) is 2.97. The van der Waals surface area contributed by atoms with Crippen molar-refractivity contribution in [2.75, 3.05) is 25.4 Å². The van der Waals surface area contributed by atoms with Crippen LogP contribution >= 0.6 is 11.6 Å². The highest BCUT2D eigenvalue weighted by Crippen LogP contribution is 2.15. The summed E-state index contributed by atoms with van der Waals surface area (Å²) < 4.78 is 26.0. The lowest BCUT2D eigenvalue weighted by Crippen LogP contribution is -2.37. The van der Waals surface area contributed by atoms with Crippen LogP contribution in [0.4, 0.5) is 0 Å². The van der Waals surface area contributed by atoms with E-state index in [0.717, 1.165) is 31.2 Å². The molecule has 1 aromatic rings. The Labute approximate surface area is 155 Å². The highest BCUT2D eigenvalue weighted by atomic mass is 35.5. The molecule has 1 fully saturated rings. The van der Waals surface area contributed by atoms with Gasteiger partial charge in [-0.05, 0) is 49.8 Å². The third-order valence-electron chi connectivity index (χ3n) is 4.39. The number of piperidine rings is 1. The SMILES string of the molecule is O=C(CCCCS(=O)(=O)N1CCCCC1)NCCc1cccc(Cl)c1. The van der Waals surface area contributed by atoms with E-state index in [0.29, 0.717) is 43.9 Å². The molecule has 0 atom stereocenters. The Balaban J connectivity index is 1.59. The molecule has 2 rings (SSSR count). The number of hydrogen-bond donors (Lipinski definition) is 1. The second kappa shape index (κ2) is 10.1. The van der Waals surface area contributed by atoms with Gasteiger partial charge in [0.05, 0.1) is 5.75 Å². The molecule has 0 saturated carbocycles. The minimum Gasteiger partial charge on any atom is -0.356 e. The van der Waals surface area contributed by atoms with Gasteiger partial charge in [-0.2, -0.15) is 0 Å². The van der Waals surface area contributed by atoms with Crippen molar-refractivity contribution in [1.82, 2.24) is 9.62 Å². The number of rotatable bonds is 9. The average Bonchev–Trinajstić information content (AvgIpc) is 2.60. The molecule has 1 N–H and O–H groups in total. The van der Waals surface area contributed by atoms with Gasteiger partial charge in [0.15, 0.2) is 0 Å². The fraction of sp³-hybridized carbons (Fsp3) is 0.611. The molecule has 0 aromatic heterocycles. The standard InChI is InChI=1S/C18H27ClN2O3S/c19-17-8-6-7-16(15-17)10-11-20-18(22)9-2-5-14-25(23,24)21-12-3-1-4-13-21/h6-8,15H,1-5,9-14H2,(H,20,22). The summed E-state index contributed by atoms with van der Waals surface area (Å²) in [4.78, 5) is 11.8. The van der Waals surface area contributed by atoms with Crippen LogP contribution in [-0.2, 0) is 21.2 Å². The maximum Gasteiger partial charge on any atom is 0.220 e. The Morgan fingerprint density at radius 2 is 1.92 bits per heavy atom. The summed E-state index contributed by atoms with van der Waals surface area (Å²) in [6, 6.07) is 7.58. The van der Waals surface area contributed by atoms with Crippen LogP contribution in [0.2, 0.25) is 5.02 Å². The number of carbonyl (C=O) groups excluding carboxylic acids is 1. The summed E-state index contributed by atoms with van der Waals surface area (Å²) >= 11 is 5.92. The number of carbonyl (C=O) groups is 1. The van der Waals surface area contributed by atoms with Crippen LogP contribution in [0, 0.1) is 0 Å². The molecule has 0 unspecified atom stereocenters. The average molecular weight is 387 g/mol. The van der Waals surface area contributed by atoms with Gasteiger partial charge in [0.1, 0.15) is 0 Å². The van der Waals surface area contributed by atoms with Gasteiger partial charge >= 0.3 is 0 Å². The topological polar surface area (TPSA) is 66.5 Å². The van der Waals surface area contributed by atoms with E-state index < -0.39 is 10.0 Å². The quantitative estimate of drug-likeness (QED) is 0.663. The lowest BCUT2D eigenvalue weighted by Gasteiger charge is -2.25. The molecule has 1 aromatic carbocycles. The lowest BCUT2D eigenvalue weighted by atomic mass is 10.1. The first-order valence-corrected chi connectivity index (χ1v) is 10.9. The molecule has 0 aliphatic carbocycles. The van der Waals surface area contributed by atoms with Crippen LogP contribution in [0.3, 0.4) is 0 Å². The number of benzene rings is 1. The van der Waals surface area contributed by atoms with E-state index in [4.69, 9.17) is 11.6 Å². The van der Waals surface area contributed by atoms with Gasteiger partial charge in [-0.3, -0.25) is 4.79 Å². The number of sulfonamides is 1. The van der Waals surface area contributed by atoms with Crippen molar-refractivity contribution >= 4 is 27.5 Å². The molecule has 1 aliphatic heterocycles. The second-order valence-electron chi connectivity index (χ2n) is 6.46. The lowest BCUT2D eigenvalue weighted by molar-refractivity contribution is -0.121. The second-order valence-corrected chi connectivity index (χ2v) is 8.99. The Morgan fingerprint density at radius 1 is 1.16 bits per heavy atom. The van der Waals surface area contributed by atoms with E-state index in [1.807, 2.05) is 24.3 Å². The summed E-state index contributed by atoms with van der Waals surface area (Å²) in [5.41, 5.74) is 1.08. The van der Waals surface area contributed by atoms with Gasteiger partial charge in [0.25, 0.3) is 0 Å². The third kappa shape index (κ3) is 7.34.